The third kappa shape index (κ3) is 4.95. The van der Waals surface area contributed by atoms with E-state index in [1.807, 2.05) is 19.1 Å². The van der Waals surface area contributed by atoms with Crippen molar-refractivity contribution in [1.29, 1.82) is 0 Å². The molecular weight excluding hydrogens is 306 g/mol. The van der Waals surface area contributed by atoms with Crippen LogP contribution in [0.15, 0.2) is 60.4 Å². The van der Waals surface area contributed by atoms with Crippen LogP contribution >= 0.6 is 0 Å². The molecule has 6 heteroatoms. The molecule has 0 aliphatic heterocycles. The van der Waals surface area contributed by atoms with Crippen molar-refractivity contribution in [3.8, 4) is 0 Å². The number of aryl methyl sites for hydroxylation is 1. The Kier molecular flexibility index (Phi) is 6.08. The Morgan fingerprint density at radius 2 is 1.92 bits per heavy atom. The fraction of sp³-hybridized carbons (Fsp3) is 0.167. The summed E-state index contributed by atoms with van der Waals surface area (Å²) in [6.07, 6.45) is 2.90. The van der Waals surface area contributed by atoms with Gasteiger partial charge in [-0.3, -0.25) is 4.79 Å². The summed E-state index contributed by atoms with van der Waals surface area (Å²) < 4.78 is 4.94. The molecule has 0 saturated carbocycles. The van der Waals surface area contributed by atoms with E-state index in [2.05, 4.69) is 15.6 Å². The van der Waals surface area contributed by atoms with Crippen LogP contribution < -0.4 is 10.6 Å². The van der Waals surface area contributed by atoms with Gasteiger partial charge in [0.1, 0.15) is 11.4 Å². The monoisotopic (exact) mass is 325 g/mol. The number of benzene rings is 1. The molecule has 0 radical (unpaired) electrons. The number of ether oxygens (including phenoxy) is 1. The SMILES string of the molecule is CCOC(=O)/C(=C/Nc1ccccn1)C(=O)Nc1ccc(C)cc1. The van der Waals surface area contributed by atoms with Gasteiger partial charge in [0.05, 0.1) is 6.61 Å². The van der Waals surface area contributed by atoms with Crippen molar-refractivity contribution >= 4 is 23.4 Å². The maximum absolute atomic E-state index is 12.4. The minimum atomic E-state index is -0.703. The zero-order valence-corrected chi connectivity index (χ0v) is 13.6. The molecule has 2 rings (SSSR count). The molecule has 0 aliphatic carbocycles. The zero-order chi connectivity index (χ0) is 17.4. The number of esters is 1. The molecule has 0 saturated heterocycles. The first kappa shape index (κ1) is 17.2. The number of carbonyl (C=O) groups is 2. The van der Waals surface area contributed by atoms with Crippen LogP contribution in [0.3, 0.4) is 0 Å². The van der Waals surface area contributed by atoms with Gasteiger partial charge in [0.15, 0.2) is 0 Å². The molecule has 2 aromatic rings. The lowest BCUT2D eigenvalue weighted by Gasteiger charge is -2.09. The zero-order valence-electron chi connectivity index (χ0n) is 13.6. The Bertz CT molecular complexity index is 725. The predicted molar refractivity (Wildman–Crippen MR) is 92.4 cm³/mol. The Balaban J connectivity index is 2.16. The van der Waals surface area contributed by atoms with Gasteiger partial charge in [-0.2, -0.15) is 0 Å². The first-order valence-corrected chi connectivity index (χ1v) is 7.53. The largest absolute Gasteiger partial charge is 0.462 e. The topological polar surface area (TPSA) is 80.3 Å². The molecule has 124 valence electrons. The molecule has 2 N–H and O–H groups in total. The number of nitrogens with zero attached hydrogens (tertiary/aromatic N) is 1. The molecule has 0 unspecified atom stereocenters. The molecule has 6 nitrogen and oxygen atoms in total. The van der Waals surface area contributed by atoms with Crippen molar-refractivity contribution in [2.24, 2.45) is 0 Å². The highest BCUT2D eigenvalue weighted by Gasteiger charge is 2.20. The Morgan fingerprint density at radius 1 is 1.17 bits per heavy atom. The summed E-state index contributed by atoms with van der Waals surface area (Å²) in [5, 5.41) is 5.50. The number of aromatic nitrogens is 1. The van der Waals surface area contributed by atoms with Crippen LogP contribution in [0.25, 0.3) is 0 Å². The molecule has 0 fully saturated rings. The van der Waals surface area contributed by atoms with Gasteiger partial charge in [0, 0.05) is 18.1 Å². The van der Waals surface area contributed by atoms with E-state index in [1.54, 1.807) is 43.5 Å². The van der Waals surface area contributed by atoms with Gasteiger partial charge in [-0.05, 0) is 38.1 Å². The predicted octanol–water partition coefficient (Wildman–Crippen LogP) is 2.89. The maximum atomic E-state index is 12.4. The third-order valence-electron chi connectivity index (χ3n) is 3.08. The first-order valence-electron chi connectivity index (χ1n) is 7.53. The molecule has 0 aliphatic rings. The standard InChI is InChI=1S/C18H19N3O3/c1-3-24-18(23)15(12-20-16-6-4-5-11-19-16)17(22)21-14-9-7-13(2)8-10-14/h4-12H,3H2,1-2H3,(H,19,20)(H,21,22)/b15-12+. The number of nitrogens with one attached hydrogen (secondary N) is 2. The minimum Gasteiger partial charge on any atom is -0.462 e. The second-order valence-electron chi connectivity index (χ2n) is 4.96. The molecule has 1 amide bonds. The maximum Gasteiger partial charge on any atom is 0.345 e. The van der Waals surface area contributed by atoms with Crippen molar-refractivity contribution < 1.29 is 14.3 Å². The van der Waals surface area contributed by atoms with Crippen LogP contribution in [0.1, 0.15) is 12.5 Å². The lowest BCUT2D eigenvalue weighted by atomic mass is 10.2. The number of hydrogen-bond acceptors (Lipinski definition) is 5. The number of amides is 1. The van der Waals surface area contributed by atoms with E-state index in [9.17, 15) is 9.59 Å². The fourth-order valence-corrected chi connectivity index (χ4v) is 1.86. The third-order valence-corrected chi connectivity index (χ3v) is 3.08. The van der Waals surface area contributed by atoms with E-state index in [4.69, 9.17) is 4.74 Å². The van der Waals surface area contributed by atoms with Crippen LogP contribution in [0.4, 0.5) is 11.5 Å². The average molecular weight is 325 g/mol. The van der Waals surface area contributed by atoms with Gasteiger partial charge < -0.3 is 15.4 Å². The van der Waals surface area contributed by atoms with E-state index < -0.39 is 11.9 Å². The smallest absolute Gasteiger partial charge is 0.345 e. The van der Waals surface area contributed by atoms with Gasteiger partial charge >= 0.3 is 5.97 Å². The molecule has 24 heavy (non-hydrogen) atoms. The van der Waals surface area contributed by atoms with Gasteiger partial charge in [0.2, 0.25) is 0 Å². The second kappa shape index (κ2) is 8.47. The summed E-state index contributed by atoms with van der Waals surface area (Å²) in [4.78, 5) is 28.5. The Labute approximate surface area is 140 Å². The summed E-state index contributed by atoms with van der Waals surface area (Å²) in [6.45, 7) is 3.81. The molecule has 0 atom stereocenters. The van der Waals surface area contributed by atoms with Crippen molar-refractivity contribution in [1.82, 2.24) is 4.98 Å². The van der Waals surface area contributed by atoms with Crippen LogP contribution in [0.5, 0.6) is 0 Å². The van der Waals surface area contributed by atoms with Crippen LogP contribution in [0, 0.1) is 6.92 Å². The van der Waals surface area contributed by atoms with Gasteiger partial charge in [0.25, 0.3) is 5.91 Å². The van der Waals surface area contributed by atoms with Crippen molar-refractivity contribution in [2.45, 2.75) is 13.8 Å². The summed E-state index contributed by atoms with van der Waals surface area (Å²) in [5.74, 6) is -0.742. The minimum absolute atomic E-state index is 0.136. The van der Waals surface area contributed by atoms with E-state index >= 15 is 0 Å². The molecule has 1 heterocycles. The summed E-state index contributed by atoms with van der Waals surface area (Å²) >= 11 is 0. The summed E-state index contributed by atoms with van der Waals surface area (Å²) in [5.41, 5.74) is 1.53. The fourth-order valence-electron chi connectivity index (χ4n) is 1.86. The molecule has 0 bridgehead atoms. The van der Waals surface area contributed by atoms with E-state index in [0.29, 0.717) is 11.5 Å². The number of carbonyl (C=O) groups excluding carboxylic acids is 2. The average Bonchev–Trinajstić information content (AvgIpc) is 2.58. The summed E-state index contributed by atoms with van der Waals surface area (Å²) in [6, 6.07) is 12.6. The van der Waals surface area contributed by atoms with Crippen LogP contribution in [-0.2, 0) is 14.3 Å². The molecule has 1 aromatic heterocycles. The van der Waals surface area contributed by atoms with Crippen molar-refractivity contribution in [3.63, 3.8) is 0 Å². The number of anilines is 2. The van der Waals surface area contributed by atoms with Crippen molar-refractivity contribution in [2.75, 3.05) is 17.2 Å². The highest BCUT2D eigenvalue weighted by atomic mass is 16.5. The summed E-state index contributed by atoms with van der Waals surface area (Å²) in [7, 11) is 0. The number of pyridine rings is 1. The highest BCUT2D eigenvalue weighted by Crippen LogP contribution is 2.11. The number of rotatable bonds is 6. The highest BCUT2D eigenvalue weighted by molar-refractivity contribution is 6.21. The Morgan fingerprint density at radius 3 is 2.54 bits per heavy atom. The Hall–Kier alpha value is -3.15. The second-order valence-corrected chi connectivity index (χ2v) is 4.96. The van der Waals surface area contributed by atoms with Crippen LogP contribution in [-0.4, -0.2) is 23.5 Å². The molecule has 0 spiro atoms. The van der Waals surface area contributed by atoms with Gasteiger partial charge in [-0.1, -0.05) is 23.8 Å². The van der Waals surface area contributed by atoms with Crippen molar-refractivity contribution in [3.05, 3.63) is 66.0 Å². The van der Waals surface area contributed by atoms with E-state index in [0.717, 1.165) is 5.56 Å². The van der Waals surface area contributed by atoms with E-state index in [-0.39, 0.29) is 12.2 Å². The van der Waals surface area contributed by atoms with Gasteiger partial charge in [-0.25, -0.2) is 9.78 Å². The van der Waals surface area contributed by atoms with Crippen LogP contribution in [0.2, 0.25) is 0 Å². The first-order chi connectivity index (χ1) is 11.6. The normalized spacial score (nSPS) is 10.8. The quantitative estimate of drug-likeness (QED) is 0.369. The van der Waals surface area contributed by atoms with Gasteiger partial charge in [-0.15, -0.1) is 0 Å². The molecule has 1 aromatic carbocycles. The lowest BCUT2D eigenvalue weighted by molar-refractivity contribution is -0.139. The lowest BCUT2D eigenvalue weighted by Crippen LogP contribution is -2.23. The van der Waals surface area contributed by atoms with E-state index in [1.165, 1.54) is 6.20 Å². The number of hydrogen-bond donors (Lipinski definition) is 2. The molecular formula is C18H19N3O3.